The van der Waals surface area contributed by atoms with Gasteiger partial charge < -0.3 is 10.6 Å². The average Bonchev–Trinajstić information content (AvgIpc) is 2.55. The lowest BCUT2D eigenvalue weighted by molar-refractivity contribution is -0.116. The van der Waals surface area contributed by atoms with Crippen LogP contribution in [0.15, 0.2) is 42.5 Å². The van der Waals surface area contributed by atoms with Crippen molar-refractivity contribution in [1.82, 2.24) is 5.32 Å². The van der Waals surface area contributed by atoms with Crippen LogP contribution in [-0.4, -0.2) is 18.9 Å². The summed E-state index contributed by atoms with van der Waals surface area (Å²) in [5, 5.41) is 6.05. The van der Waals surface area contributed by atoms with Crippen molar-refractivity contribution in [2.24, 2.45) is 0 Å². The lowest BCUT2D eigenvalue weighted by Crippen LogP contribution is -2.21. The molecule has 2 N–H and O–H groups in total. The van der Waals surface area contributed by atoms with Gasteiger partial charge in [0.15, 0.2) is 0 Å². The third kappa shape index (κ3) is 4.57. The number of para-hydroxylation sites is 1. The number of anilines is 1. The summed E-state index contributed by atoms with van der Waals surface area (Å²) >= 11 is 6.09. The highest BCUT2D eigenvalue weighted by Gasteiger charge is 2.11. The smallest absolute Gasteiger partial charge is 0.253 e. The molecular formula is C18H19ClN2O2. The van der Waals surface area contributed by atoms with E-state index < -0.39 is 0 Å². The fraction of sp³-hybridized carbons (Fsp3) is 0.222. The first-order chi connectivity index (χ1) is 11.0. The molecule has 120 valence electrons. The van der Waals surface area contributed by atoms with Crippen molar-refractivity contribution < 1.29 is 9.59 Å². The Labute approximate surface area is 140 Å². The van der Waals surface area contributed by atoms with E-state index in [0.717, 1.165) is 11.1 Å². The normalized spacial score (nSPS) is 10.2. The lowest BCUT2D eigenvalue weighted by Gasteiger charge is -2.10. The second-order valence-electron chi connectivity index (χ2n) is 5.26. The highest BCUT2D eigenvalue weighted by atomic mass is 35.5. The fourth-order valence-corrected chi connectivity index (χ4v) is 2.39. The molecule has 0 unspecified atom stereocenters. The van der Waals surface area contributed by atoms with E-state index in [0.29, 0.717) is 29.1 Å². The largest absolute Gasteiger partial charge is 0.355 e. The van der Waals surface area contributed by atoms with E-state index in [-0.39, 0.29) is 11.8 Å². The standard InChI is InChI=1S/C18H19ClN2O2/c1-12-7-8-13(11-15(12)19)9-10-17(22)21-16-6-4-3-5-14(16)18(23)20-2/h3-8,11H,9-10H2,1-2H3,(H,20,23)(H,21,22). The van der Waals surface area contributed by atoms with Crippen LogP contribution in [-0.2, 0) is 11.2 Å². The molecule has 0 bridgehead atoms. The van der Waals surface area contributed by atoms with Crippen LogP contribution >= 0.6 is 11.6 Å². The molecule has 0 fully saturated rings. The van der Waals surface area contributed by atoms with Gasteiger partial charge in [0.1, 0.15) is 0 Å². The number of nitrogens with one attached hydrogen (secondary N) is 2. The summed E-state index contributed by atoms with van der Waals surface area (Å²) in [4.78, 5) is 23.9. The molecule has 0 radical (unpaired) electrons. The molecule has 0 atom stereocenters. The maximum atomic E-state index is 12.1. The van der Waals surface area contributed by atoms with E-state index in [9.17, 15) is 9.59 Å². The van der Waals surface area contributed by atoms with Crippen LogP contribution < -0.4 is 10.6 Å². The van der Waals surface area contributed by atoms with E-state index in [4.69, 9.17) is 11.6 Å². The molecule has 0 aliphatic rings. The van der Waals surface area contributed by atoms with Gasteiger partial charge in [-0.25, -0.2) is 0 Å². The first-order valence-electron chi connectivity index (χ1n) is 7.37. The molecule has 0 aliphatic carbocycles. The van der Waals surface area contributed by atoms with Gasteiger partial charge in [-0.1, -0.05) is 35.9 Å². The van der Waals surface area contributed by atoms with Crippen molar-refractivity contribution in [1.29, 1.82) is 0 Å². The van der Waals surface area contributed by atoms with Crippen LogP contribution in [0.5, 0.6) is 0 Å². The van der Waals surface area contributed by atoms with E-state index >= 15 is 0 Å². The Morgan fingerprint density at radius 2 is 1.87 bits per heavy atom. The Hall–Kier alpha value is -2.33. The average molecular weight is 331 g/mol. The van der Waals surface area contributed by atoms with Crippen molar-refractivity contribution in [3.05, 3.63) is 64.2 Å². The van der Waals surface area contributed by atoms with Crippen molar-refractivity contribution in [3.8, 4) is 0 Å². The third-order valence-corrected chi connectivity index (χ3v) is 3.96. The van der Waals surface area contributed by atoms with Crippen LogP contribution in [0.2, 0.25) is 5.02 Å². The summed E-state index contributed by atoms with van der Waals surface area (Å²) in [6.45, 7) is 1.94. The molecule has 4 nitrogen and oxygen atoms in total. The molecule has 2 aromatic carbocycles. The van der Waals surface area contributed by atoms with Crippen LogP contribution in [0.1, 0.15) is 27.9 Å². The number of rotatable bonds is 5. The second-order valence-corrected chi connectivity index (χ2v) is 5.66. The van der Waals surface area contributed by atoms with Gasteiger partial charge in [-0.05, 0) is 42.7 Å². The van der Waals surface area contributed by atoms with Crippen molar-refractivity contribution in [2.45, 2.75) is 19.8 Å². The predicted molar refractivity (Wildman–Crippen MR) is 93.0 cm³/mol. The van der Waals surface area contributed by atoms with E-state index in [1.54, 1.807) is 31.3 Å². The lowest BCUT2D eigenvalue weighted by atomic mass is 10.1. The first-order valence-corrected chi connectivity index (χ1v) is 7.75. The van der Waals surface area contributed by atoms with Gasteiger partial charge in [-0.15, -0.1) is 0 Å². The Morgan fingerprint density at radius 3 is 2.57 bits per heavy atom. The summed E-state index contributed by atoms with van der Waals surface area (Å²) in [7, 11) is 1.56. The molecule has 0 saturated heterocycles. The first kappa shape index (κ1) is 17.0. The van der Waals surface area contributed by atoms with Crippen molar-refractivity contribution in [3.63, 3.8) is 0 Å². The van der Waals surface area contributed by atoms with E-state index in [2.05, 4.69) is 10.6 Å². The van der Waals surface area contributed by atoms with Gasteiger partial charge in [0, 0.05) is 18.5 Å². The minimum atomic E-state index is -0.230. The Bertz CT molecular complexity index is 729. The molecule has 23 heavy (non-hydrogen) atoms. The number of benzene rings is 2. The van der Waals surface area contributed by atoms with Crippen LogP contribution in [0.4, 0.5) is 5.69 Å². The third-order valence-electron chi connectivity index (χ3n) is 3.55. The SMILES string of the molecule is CNC(=O)c1ccccc1NC(=O)CCc1ccc(C)c(Cl)c1. The van der Waals surface area contributed by atoms with Gasteiger partial charge in [-0.2, -0.15) is 0 Å². The maximum Gasteiger partial charge on any atom is 0.253 e. The zero-order chi connectivity index (χ0) is 16.8. The highest BCUT2D eigenvalue weighted by Crippen LogP contribution is 2.19. The van der Waals surface area contributed by atoms with Crippen molar-refractivity contribution >= 4 is 29.1 Å². The summed E-state index contributed by atoms with van der Waals surface area (Å²) in [5.74, 6) is -0.371. The number of amides is 2. The predicted octanol–water partition coefficient (Wildman–Crippen LogP) is 3.58. The number of aryl methyl sites for hydroxylation is 2. The zero-order valence-corrected chi connectivity index (χ0v) is 13.9. The number of carbonyl (C=O) groups is 2. The van der Waals surface area contributed by atoms with Crippen LogP contribution in [0.25, 0.3) is 0 Å². The van der Waals surface area contributed by atoms with Gasteiger partial charge in [0.25, 0.3) is 5.91 Å². The zero-order valence-electron chi connectivity index (χ0n) is 13.2. The molecule has 2 amide bonds. The minimum Gasteiger partial charge on any atom is -0.355 e. The van der Waals surface area contributed by atoms with Crippen molar-refractivity contribution in [2.75, 3.05) is 12.4 Å². The summed E-state index contributed by atoms with van der Waals surface area (Å²) in [5.41, 5.74) is 2.98. The Balaban J connectivity index is 2.00. The van der Waals surface area contributed by atoms with Gasteiger partial charge in [0.05, 0.1) is 11.3 Å². The molecule has 2 aromatic rings. The number of hydrogen-bond donors (Lipinski definition) is 2. The van der Waals surface area contributed by atoms with Crippen LogP contribution in [0.3, 0.4) is 0 Å². The molecule has 5 heteroatoms. The Kier molecular flexibility index (Phi) is 5.77. The fourth-order valence-electron chi connectivity index (χ4n) is 2.19. The quantitative estimate of drug-likeness (QED) is 0.880. The molecule has 0 aliphatic heterocycles. The van der Waals surface area contributed by atoms with Crippen LogP contribution in [0, 0.1) is 6.92 Å². The molecule has 0 aromatic heterocycles. The number of carbonyl (C=O) groups excluding carboxylic acids is 2. The van der Waals surface area contributed by atoms with Gasteiger partial charge in [0.2, 0.25) is 5.91 Å². The summed E-state index contributed by atoms with van der Waals surface area (Å²) in [6.07, 6.45) is 0.912. The maximum absolute atomic E-state index is 12.1. The summed E-state index contributed by atoms with van der Waals surface area (Å²) in [6, 6.07) is 12.7. The molecular weight excluding hydrogens is 312 g/mol. The molecule has 0 saturated carbocycles. The molecule has 2 rings (SSSR count). The topological polar surface area (TPSA) is 58.2 Å². The molecule has 0 heterocycles. The highest BCUT2D eigenvalue weighted by molar-refractivity contribution is 6.31. The van der Waals surface area contributed by atoms with E-state index in [1.807, 2.05) is 25.1 Å². The number of halogens is 1. The summed E-state index contributed by atoms with van der Waals surface area (Å²) < 4.78 is 0. The van der Waals surface area contributed by atoms with Gasteiger partial charge in [-0.3, -0.25) is 9.59 Å². The number of hydrogen-bond acceptors (Lipinski definition) is 2. The monoisotopic (exact) mass is 330 g/mol. The second kappa shape index (κ2) is 7.79. The minimum absolute atomic E-state index is 0.141. The Morgan fingerprint density at radius 1 is 1.13 bits per heavy atom. The molecule has 0 spiro atoms. The van der Waals surface area contributed by atoms with E-state index in [1.165, 1.54) is 0 Å². The van der Waals surface area contributed by atoms with Gasteiger partial charge >= 0.3 is 0 Å².